The topological polar surface area (TPSA) is 34.9 Å². The molecule has 0 saturated heterocycles. The maximum Gasteiger partial charge on any atom is 0.261 e. The zero-order valence-corrected chi connectivity index (χ0v) is 13.5. The van der Waals surface area contributed by atoms with E-state index in [0.717, 1.165) is 14.7 Å². The van der Waals surface area contributed by atoms with Crippen molar-refractivity contribution in [1.82, 2.24) is 9.55 Å². The monoisotopic (exact) mass is 394 g/mol. The molecule has 0 aliphatic rings. The largest absolute Gasteiger partial charge is 0.294 e. The van der Waals surface area contributed by atoms with Crippen LogP contribution >= 0.6 is 22.6 Å². The molecule has 3 rings (SSSR count). The molecule has 0 aliphatic carbocycles. The Morgan fingerprint density at radius 3 is 2.86 bits per heavy atom. The van der Waals surface area contributed by atoms with Gasteiger partial charge in [0.15, 0.2) is 0 Å². The molecule has 0 spiro atoms. The smallest absolute Gasteiger partial charge is 0.261 e. The molecule has 3 aromatic rings. The second kappa shape index (κ2) is 5.55. The van der Waals surface area contributed by atoms with Gasteiger partial charge >= 0.3 is 0 Å². The lowest BCUT2D eigenvalue weighted by Crippen LogP contribution is -2.21. The number of fused-ring (bicyclic) bond motifs is 1. The normalized spacial score (nSPS) is 11.0. The standard InChI is InChI=1S/C16H12FIN2O/c1-10-2-3-12(17)6-11(10)8-20-9-19-15-5-4-13(18)7-14(15)16(20)21/h2-7,9H,8H2,1H3. The summed E-state index contributed by atoms with van der Waals surface area (Å²) >= 11 is 2.16. The highest BCUT2D eigenvalue weighted by Gasteiger charge is 2.07. The number of aryl methyl sites for hydroxylation is 1. The fourth-order valence-electron chi connectivity index (χ4n) is 2.24. The fourth-order valence-corrected chi connectivity index (χ4v) is 2.73. The van der Waals surface area contributed by atoms with Crippen LogP contribution in [0, 0.1) is 16.3 Å². The Kier molecular flexibility index (Phi) is 3.75. The molecule has 0 bridgehead atoms. The van der Waals surface area contributed by atoms with Crippen LogP contribution in [0.2, 0.25) is 0 Å². The predicted molar refractivity (Wildman–Crippen MR) is 89.0 cm³/mol. The molecule has 5 heteroatoms. The van der Waals surface area contributed by atoms with Gasteiger partial charge in [-0.25, -0.2) is 9.37 Å². The summed E-state index contributed by atoms with van der Waals surface area (Å²) in [7, 11) is 0. The van der Waals surface area contributed by atoms with Crippen molar-refractivity contribution in [2.45, 2.75) is 13.5 Å². The highest BCUT2D eigenvalue weighted by molar-refractivity contribution is 14.1. The summed E-state index contributed by atoms with van der Waals surface area (Å²) in [5.74, 6) is -0.299. The lowest BCUT2D eigenvalue weighted by molar-refractivity contribution is 0.621. The van der Waals surface area contributed by atoms with E-state index in [9.17, 15) is 9.18 Å². The molecular formula is C16H12FIN2O. The average Bonchev–Trinajstić information content (AvgIpc) is 2.46. The minimum atomic E-state index is -0.299. The molecule has 21 heavy (non-hydrogen) atoms. The Morgan fingerprint density at radius 2 is 2.05 bits per heavy atom. The molecule has 0 amide bonds. The quantitative estimate of drug-likeness (QED) is 0.624. The second-order valence-electron chi connectivity index (χ2n) is 4.91. The molecule has 0 saturated carbocycles. The summed E-state index contributed by atoms with van der Waals surface area (Å²) < 4.78 is 15.9. The number of rotatable bonds is 2. The number of halogens is 2. The summed E-state index contributed by atoms with van der Waals surface area (Å²) in [5.41, 5.74) is 2.30. The van der Waals surface area contributed by atoms with Gasteiger partial charge in [-0.1, -0.05) is 6.07 Å². The number of aromatic nitrogens is 2. The van der Waals surface area contributed by atoms with Crippen LogP contribution in [0.15, 0.2) is 47.5 Å². The predicted octanol–water partition coefficient (Wildman–Crippen LogP) is 3.50. The van der Waals surface area contributed by atoms with E-state index in [-0.39, 0.29) is 11.4 Å². The van der Waals surface area contributed by atoms with Crippen LogP contribution in [0.5, 0.6) is 0 Å². The van der Waals surface area contributed by atoms with E-state index < -0.39 is 0 Å². The van der Waals surface area contributed by atoms with Crippen molar-refractivity contribution in [2.24, 2.45) is 0 Å². The van der Waals surface area contributed by atoms with Crippen molar-refractivity contribution in [2.75, 3.05) is 0 Å². The summed E-state index contributed by atoms with van der Waals surface area (Å²) in [4.78, 5) is 16.8. The third-order valence-corrected chi connectivity index (χ3v) is 4.11. The van der Waals surface area contributed by atoms with Crippen molar-refractivity contribution in [1.29, 1.82) is 0 Å². The van der Waals surface area contributed by atoms with Gasteiger partial charge in [0.1, 0.15) is 5.82 Å². The fraction of sp³-hybridized carbons (Fsp3) is 0.125. The van der Waals surface area contributed by atoms with Gasteiger partial charge in [0.2, 0.25) is 0 Å². The molecule has 0 aliphatic heterocycles. The van der Waals surface area contributed by atoms with Gasteiger partial charge in [0, 0.05) is 3.57 Å². The summed E-state index contributed by atoms with van der Waals surface area (Å²) in [6.45, 7) is 2.22. The highest BCUT2D eigenvalue weighted by atomic mass is 127. The maximum atomic E-state index is 13.4. The molecule has 0 fully saturated rings. The molecule has 1 heterocycles. The van der Waals surface area contributed by atoms with Gasteiger partial charge in [-0.2, -0.15) is 0 Å². The maximum absolute atomic E-state index is 13.4. The van der Waals surface area contributed by atoms with Gasteiger partial charge < -0.3 is 0 Å². The third kappa shape index (κ3) is 2.83. The van der Waals surface area contributed by atoms with E-state index in [2.05, 4.69) is 27.6 Å². The van der Waals surface area contributed by atoms with Crippen LogP contribution < -0.4 is 5.56 Å². The number of benzene rings is 2. The van der Waals surface area contributed by atoms with Crippen LogP contribution in [0.25, 0.3) is 10.9 Å². The van der Waals surface area contributed by atoms with Gasteiger partial charge in [-0.05, 0) is 71.0 Å². The SMILES string of the molecule is Cc1ccc(F)cc1Cn1cnc2ccc(I)cc2c1=O. The average molecular weight is 394 g/mol. The first-order valence-electron chi connectivity index (χ1n) is 6.44. The zero-order valence-electron chi connectivity index (χ0n) is 11.3. The Bertz CT molecular complexity index is 889. The lowest BCUT2D eigenvalue weighted by atomic mass is 10.1. The minimum Gasteiger partial charge on any atom is -0.294 e. The van der Waals surface area contributed by atoms with Crippen molar-refractivity contribution in [3.05, 3.63) is 73.6 Å². The molecule has 0 atom stereocenters. The molecule has 0 radical (unpaired) electrons. The molecular weight excluding hydrogens is 382 g/mol. The Labute approximate surface area is 134 Å². The molecule has 0 N–H and O–H groups in total. The van der Waals surface area contributed by atoms with Gasteiger partial charge in [-0.3, -0.25) is 9.36 Å². The van der Waals surface area contributed by atoms with Crippen molar-refractivity contribution < 1.29 is 4.39 Å². The van der Waals surface area contributed by atoms with Crippen LogP contribution in [-0.2, 0) is 6.54 Å². The van der Waals surface area contributed by atoms with Crippen LogP contribution in [0.1, 0.15) is 11.1 Å². The lowest BCUT2D eigenvalue weighted by Gasteiger charge is -2.09. The first kappa shape index (κ1) is 14.2. The van der Waals surface area contributed by atoms with Crippen LogP contribution in [0.3, 0.4) is 0 Å². The van der Waals surface area contributed by atoms with Crippen molar-refractivity contribution >= 4 is 33.5 Å². The number of nitrogens with zero attached hydrogens (tertiary/aromatic N) is 2. The van der Waals surface area contributed by atoms with Crippen LogP contribution in [-0.4, -0.2) is 9.55 Å². The first-order valence-corrected chi connectivity index (χ1v) is 7.52. The Morgan fingerprint density at radius 1 is 1.24 bits per heavy atom. The Hall–Kier alpha value is -1.76. The number of hydrogen-bond acceptors (Lipinski definition) is 2. The summed E-state index contributed by atoms with van der Waals surface area (Å²) in [6, 6.07) is 10.2. The van der Waals surface area contributed by atoms with E-state index in [0.29, 0.717) is 17.4 Å². The second-order valence-corrected chi connectivity index (χ2v) is 6.16. The van der Waals surface area contributed by atoms with E-state index in [1.807, 2.05) is 25.1 Å². The van der Waals surface area contributed by atoms with Gasteiger partial charge in [0.05, 0.1) is 23.8 Å². The minimum absolute atomic E-state index is 0.109. The van der Waals surface area contributed by atoms with E-state index in [1.54, 1.807) is 6.07 Å². The van der Waals surface area contributed by atoms with E-state index in [1.165, 1.54) is 23.0 Å². The summed E-state index contributed by atoms with van der Waals surface area (Å²) in [6.07, 6.45) is 1.52. The van der Waals surface area contributed by atoms with E-state index >= 15 is 0 Å². The zero-order chi connectivity index (χ0) is 15.0. The van der Waals surface area contributed by atoms with Gasteiger partial charge in [0.25, 0.3) is 5.56 Å². The molecule has 1 aromatic heterocycles. The van der Waals surface area contributed by atoms with Crippen molar-refractivity contribution in [3.8, 4) is 0 Å². The van der Waals surface area contributed by atoms with Crippen LogP contribution in [0.4, 0.5) is 4.39 Å². The molecule has 106 valence electrons. The highest BCUT2D eigenvalue weighted by Crippen LogP contribution is 2.14. The van der Waals surface area contributed by atoms with E-state index in [4.69, 9.17) is 0 Å². The summed E-state index contributed by atoms with van der Waals surface area (Å²) in [5, 5.41) is 0.582. The van der Waals surface area contributed by atoms with Crippen molar-refractivity contribution in [3.63, 3.8) is 0 Å². The third-order valence-electron chi connectivity index (χ3n) is 3.44. The first-order chi connectivity index (χ1) is 10.0. The molecule has 2 aromatic carbocycles. The molecule has 3 nitrogen and oxygen atoms in total. The molecule has 0 unspecified atom stereocenters. The van der Waals surface area contributed by atoms with Gasteiger partial charge in [-0.15, -0.1) is 0 Å². The number of hydrogen-bond donors (Lipinski definition) is 0. The Balaban J connectivity index is 2.11.